The van der Waals surface area contributed by atoms with Crippen LogP contribution in [0.1, 0.15) is 31.9 Å². The second-order valence-corrected chi connectivity index (χ2v) is 5.29. The van der Waals surface area contributed by atoms with E-state index in [1.807, 2.05) is 36.4 Å². The van der Waals surface area contributed by atoms with E-state index in [1.54, 1.807) is 0 Å². The molecule has 3 rings (SSSR count). The second-order valence-electron chi connectivity index (χ2n) is 5.29. The summed E-state index contributed by atoms with van der Waals surface area (Å²) in [5.74, 6) is 2.83. The molecule has 0 aliphatic heterocycles. The molecular formula is C17H21NO2. The Labute approximate surface area is 119 Å². The van der Waals surface area contributed by atoms with Crippen molar-refractivity contribution in [2.75, 3.05) is 6.61 Å². The van der Waals surface area contributed by atoms with Gasteiger partial charge in [0.25, 0.3) is 0 Å². The molecule has 3 heteroatoms. The van der Waals surface area contributed by atoms with E-state index in [2.05, 4.69) is 12.2 Å². The zero-order valence-corrected chi connectivity index (χ0v) is 11.9. The summed E-state index contributed by atoms with van der Waals surface area (Å²) in [5, 5.41) is 3.46. The third-order valence-corrected chi connectivity index (χ3v) is 3.42. The van der Waals surface area contributed by atoms with E-state index in [4.69, 9.17) is 9.15 Å². The number of hydrogen-bond donors (Lipinski definition) is 1. The molecule has 0 radical (unpaired) electrons. The van der Waals surface area contributed by atoms with Crippen molar-refractivity contribution in [1.82, 2.24) is 5.32 Å². The Kier molecular flexibility index (Phi) is 4.07. The lowest BCUT2D eigenvalue weighted by molar-refractivity contribution is 0.317. The van der Waals surface area contributed by atoms with Crippen LogP contribution in [0.3, 0.4) is 0 Å². The molecule has 0 bridgehead atoms. The first-order valence-electron chi connectivity index (χ1n) is 7.40. The van der Waals surface area contributed by atoms with E-state index in [-0.39, 0.29) is 0 Å². The van der Waals surface area contributed by atoms with E-state index >= 15 is 0 Å². The van der Waals surface area contributed by atoms with Gasteiger partial charge in [-0.25, -0.2) is 0 Å². The van der Waals surface area contributed by atoms with E-state index in [0.29, 0.717) is 6.04 Å². The predicted molar refractivity (Wildman–Crippen MR) is 79.8 cm³/mol. The summed E-state index contributed by atoms with van der Waals surface area (Å²) < 4.78 is 11.4. The van der Waals surface area contributed by atoms with Gasteiger partial charge in [0, 0.05) is 11.6 Å². The quantitative estimate of drug-likeness (QED) is 0.827. The van der Waals surface area contributed by atoms with Crippen LogP contribution >= 0.6 is 0 Å². The van der Waals surface area contributed by atoms with E-state index < -0.39 is 0 Å². The molecule has 0 amide bonds. The Morgan fingerprint density at radius 3 is 2.65 bits per heavy atom. The van der Waals surface area contributed by atoms with Crippen LogP contribution in [-0.2, 0) is 6.54 Å². The Bertz CT molecular complexity index is 540. The summed E-state index contributed by atoms with van der Waals surface area (Å²) in [4.78, 5) is 0. The third kappa shape index (κ3) is 3.42. The largest absolute Gasteiger partial charge is 0.494 e. The summed E-state index contributed by atoms with van der Waals surface area (Å²) in [6, 6.07) is 12.9. The van der Waals surface area contributed by atoms with Crippen LogP contribution in [-0.4, -0.2) is 12.6 Å². The fourth-order valence-corrected chi connectivity index (χ4v) is 2.10. The third-order valence-electron chi connectivity index (χ3n) is 3.42. The topological polar surface area (TPSA) is 34.4 Å². The minimum Gasteiger partial charge on any atom is -0.494 e. The van der Waals surface area contributed by atoms with Gasteiger partial charge in [-0.1, -0.05) is 6.92 Å². The first kappa shape index (κ1) is 13.3. The Morgan fingerprint density at radius 2 is 1.95 bits per heavy atom. The standard InChI is InChI=1S/C17H21NO2/c1-2-11-19-15-7-3-13(4-8-15)17-10-9-16(20-17)12-18-14-5-6-14/h3-4,7-10,14,18H,2,5-6,11-12H2,1H3. The minimum absolute atomic E-state index is 0.707. The molecule has 1 aromatic heterocycles. The highest BCUT2D eigenvalue weighted by Crippen LogP contribution is 2.25. The highest BCUT2D eigenvalue weighted by Gasteiger charge is 2.20. The molecule has 0 spiro atoms. The summed E-state index contributed by atoms with van der Waals surface area (Å²) in [7, 11) is 0. The van der Waals surface area contributed by atoms with Crippen molar-refractivity contribution in [3.63, 3.8) is 0 Å². The predicted octanol–water partition coefficient (Wildman–Crippen LogP) is 3.99. The Balaban J connectivity index is 1.62. The van der Waals surface area contributed by atoms with Crippen molar-refractivity contribution in [3.8, 4) is 17.1 Å². The second kappa shape index (κ2) is 6.14. The maximum Gasteiger partial charge on any atom is 0.134 e. The maximum absolute atomic E-state index is 5.87. The van der Waals surface area contributed by atoms with Gasteiger partial charge in [0.2, 0.25) is 0 Å². The molecule has 1 aliphatic carbocycles. The summed E-state index contributed by atoms with van der Waals surface area (Å²) in [6.07, 6.45) is 3.62. The summed E-state index contributed by atoms with van der Waals surface area (Å²) in [5.41, 5.74) is 1.09. The SMILES string of the molecule is CCCOc1ccc(-c2ccc(CNC3CC3)o2)cc1. The lowest BCUT2D eigenvalue weighted by Crippen LogP contribution is -2.14. The average Bonchev–Trinajstić information content (AvgIpc) is 3.20. The number of hydrogen-bond acceptors (Lipinski definition) is 3. The van der Waals surface area contributed by atoms with Gasteiger partial charge in [-0.15, -0.1) is 0 Å². The smallest absolute Gasteiger partial charge is 0.134 e. The van der Waals surface area contributed by atoms with Crippen molar-refractivity contribution in [2.45, 2.75) is 38.8 Å². The highest BCUT2D eigenvalue weighted by atomic mass is 16.5. The van der Waals surface area contributed by atoms with Gasteiger partial charge in [-0.05, 0) is 55.7 Å². The van der Waals surface area contributed by atoms with E-state index in [1.165, 1.54) is 12.8 Å². The lowest BCUT2D eigenvalue weighted by atomic mass is 10.2. The number of nitrogens with one attached hydrogen (secondary N) is 1. The molecule has 1 fully saturated rings. The number of furan rings is 1. The van der Waals surface area contributed by atoms with Gasteiger partial charge in [0.05, 0.1) is 13.2 Å². The van der Waals surface area contributed by atoms with Gasteiger partial charge in [0.1, 0.15) is 17.3 Å². The van der Waals surface area contributed by atoms with Crippen LogP contribution in [0, 0.1) is 0 Å². The van der Waals surface area contributed by atoms with E-state index in [0.717, 1.165) is 42.4 Å². The number of ether oxygens (including phenoxy) is 1. The molecule has 20 heavy (non-hydrogen) atoms. The molecule has 1 aromatic carbocycles. The van der Waals surface area contributed by atoms with Crippen molar-refractivity contribution < 1.29 is 9.15 Å². The van der Waals surface area contributed by atoms with Crippen molar-refractivity contribution >= 4 is 0 Å². The van der Waals surface area contributed by atoms with Crippen molar-refractivity contribution in [3.05, 3.63) is 42.2 Å². The van der Waals surface area contributed by atoms with Gasteiger partial charge in [-0.3, -0.25) is 0 Å². The Hall–Kier alpha value is -1.74. The fraction of sp³-hybridized carbons (Fsp3) is 0.412. The minimum atomic E-state index is 0.707. The van der Waals surface area contributed by atoms with Crippen LogP contribution in [0.5, 0.6) is 5.75 Å². The van der Waals surface area contributed by atoms with Gasteiger partial charge >= 0.3 is 0 Å². The number of rotatable bonds is 7. The maximum atomic E-state index is 5.87. The van der Waals surface area contributed by atoms with Crippen LogP contribution in [0.2, 0.25) is 0 Å². The van der Waals surface area contributed by atoms with E-state index in [9.17, 15) is 0 Å². The van der Waals surface area contributed by atoms with Crippen molar-refractivity contribution in [2.24, 2.45) is 0 Å². The molecule has 106 valence electrons. The zero-order valence-electron chi connectivity index (χ0n) is 11.9. The van der Waals surface area contributed by atoms with Gasteiger partial charge in [0.15, 0.2) is 0 Å². The fourth-order valence-electron chi connectivity index (χ4n) is 2.10. The molecule has 3 nitrogen and oxygen atoms in total. The monoisotopic (exact) mass is 271 g/mol. The van der Waals surface area contributed by atoms with Gasteiger partial charge < -0.3 is 14.5 Å². The summed E-state index contributed by atoms with van der Waals surface area (Å²) >= 11 is 0. The lowest BCUT2D eigenvalue weighted by Gasteiger charge is -2.04. The molecule has 1 N–H and O–H groups in total. The van der Waals surface area contributed by atoms with Crippen LogP contribution < -0.4 is 10.1 Å². The molecular weight excluding hydrogens is 250 g/mol. The molecule has 2 aromatic rings. The van der Waals surface area contributed by atoms with Crippen molar-refractivity contribution in [1.29, 1.82) is 0 Å². The van der Waals surface area contributed by atoms with Crippen LogP contribution in [0.4, 0.5) is 0 Å². The first-order chi connectivity index (χ1) is 9.85. The summed E-state index contributed by atoms with van der Waals surface area (Å²) in [6.45, 7) is 3.69. The Morgan fingerprint density at radius 1 is 1.15 bits per heavy atom. The average molecular weight is 271 g/mol. The molecule has 0 saturated heterocycles. The van der Waals surface area contributed by atoms with Crippen LogP contribution in [0.15, 0.2) is 40.8 Å². The van der Waals surface area contributed by atoms with Crippen LogP contribution in [0.25, 0.3) is 11.3 Å². The molecule has 1 aliphatic rings. The first-order valence-corrected chi connectivity index (χ1v) is 7.40. The molecule has 1 saturated carbocycles. The number of benzene rings is 1. The highest BCUT2D eigenvalue weighted by molar-refractivity contribution is 5.58. The normalized spacial score (nSPS) is 14.4. The molecule has 0 unspecified atom stereocenters. The molecule has 0 atom stereocenters. The molecule has 1 heterocycles. The zero-order chi connectivity index (χ0) is 13.8. The van der Waals surface area contributed by atoms with Gasteiger partial charge in [-0.2, -0.15) is 0 Å².